The van der Waals surface area contributed by atoms with E-state index < -0.39 is 11.2 Å². The normalized spacial score (nSPS) is 11.3. The summed E-state index contributed by atoms with van der Waals surface area (Å²) < 4.78 is 6.35. The molecule has 25 heavy (non-hydrogen) atoms. The average Bonchev–Trinajstić information content (AvgIpc) is 2.51. The van der Waals surface area contributed by atoms with Crippen LogP contribution in [-0.2, 0) is 16.1 Å². The van der Waals surface area contributed by atoms with Crippen LogP contribution in [0.2, 0.25) is 0 Å². The molecule has 0 spiro atoms. The van der Waals surface area contributed by atoms with Crippen LogP contribution >= 0.6 is 0 Å². The van der Waals surface area contributed by atoms with Gasteiger partial charge in [0.1, 0.15) is 5.82 Å². The Kier molecular flexibility index (Phi) is 7.89. The zero-order valence-corrected chi connectivity index (χ0v) is 15.8. The van der Waals surface area contributed by atoms with Crippen LogP contribution < -0.4 is 21.9 Å². The van der Waals surface area contributed by atoms with Crippen LogP contribution in [0.3, 0.4) is 0 Å². The van der Waals surface area contributed by atoms with Crippen LogP contribution in [0.25, 0.3) is 0 Å². The molecule has 0 radical (unpaired) electrons. The molecular formula is C17H30N4O4. The predicted molar refractivity (Wildman–Crippen MR) is 98.9 cm³/mol. The smallest absolute Gasteiger partial charge is 0.330 e. The maximum absolute atomic E-state index is 12.7. The van der Waals surface area contributed by atoms with E-state index in [2.05, 4.69) is 4.98 Å². The van der Waals surface area contributed by atoms with Crippen molar-refractivity contribution < 1.29 is 9.53 Å². The van der Waals surface area contributed by atoms with E-state index in [0.29, 0.717) is 25.3 Å². The van der Waals surface area contributed by atoms with E-state index in [-0.39, 0.29) is 36.5 Å². The summed E-state index contributed by atoms with van der Waals surface area (Å²) in [6.07, 6.45) is 0.995. The van der Waals surface area contributed by atoms with Crippen molar-refractivity contribution in [3.05, 3.63) is 20.8 Å². The second-order valence-corrected chi connectivity index (χ2v) is 6.97. The third-order valence-corrected chi connectivity index (χ3v) is 3.79. The highest BCUT2D eigenvalue weighted by atomic mass is 16.5. The van der Waals surface area contributed by atoms with Crippen molar-refractivity contribution in [3.8, 4) is 0 Å². The number of rotatable bonds is 9. The van der Waals surface area contributed by atoms with Gasteiger partial charge in [0.05, 0.1) is 6.61 Å². The molecule has 0 aliphatic rings. The molecule has 0 fully saturated rings. The molecule has 1 aromatic heterocycles. The van der Waals surface area contributed by atoms with E-state index >= 15 is 0 Å². The van der Waals surface area contributed by atoms with E-state index in [4.69, 9.17) is 10.5 Å². The molecule has 8 heteroatoms. The molecule has 0 unspecified atom stereocenters. The molecule has 1 aromatic rings. The minimum Gasteiger partial charge on any atom is -0.383 e. The molecule has 0 atom stereocenters. The Morgan fingerprint density at radius 1 is 1.24 bits per heavy atom. The van der Waals surface area contributed by atoms with Gasteiger partial charge in [0.25, 0.3) is 5.56 Å². The molecule has 1 heterocycles. The molecular weight excluding hydrogens is 324 g/mol. The first-order chi connectivity index (χ1) is 11.7. The molecule has 0 saturated heterocycles. The van der Waals surface area contributed by atoms with Crippen LogP contribution in [0, 0.1) is 11.8 Å². The molecule has 0 bridgehead atoms. The van der Waals surface area contributed by atoms with Crippen molar-refractivity contribution in [2.24, 2.45) is 11.8 Å². The number of carbonyl (C=O) groups is 1. The lowest BCUT2D eigenvalue weighted by atomic mass is 10.1. The van der Waals surface area contributed by atoms with Gasteiger partial charge in [-0.15, -0.1) is 0 Å². The Labute approximate surface area is 148 Å². The molecule has 0 aliphatic carbocycles. The quantitative estimate of drug-likeness (QED) is 0.692. The third-order valence-electron chi connectivity index (χ3n) is 3.79. The average molecular weight is 354 g/mol. The molecule has 1 amide bonds. The van der Waals surface area contributed by atoms with Crippen LogP contribution in [0.5, 0.6) is 0 Å². The van der Waals surface area contributed by atoms with Crippen LogP contribution in [0.1, 0.15) is 40.5 Å². The third kappa shape index (κ3) is 5.74. The highest BCUT2D eigenvalue weighted by molar-refractivity contribution is 5.95. The van der Waals surface area contributed by atoms with Gasteiger partial charge in [0.15, 0.2) is 5.69 Å². The number of nitrogens with zero attached hydrogens (tertiary/aromatic N) is 2. The van der Waals surface area contributed by atoms with Crippen LogP contribution in [-0.4, -0.2) is 35.7 Å². The van der Waals surface area contributed by atoms with Gasteiger partial charge in [-0.3, -0.25) is 19.1 Å². The summed E-state index contributed by atoms with van der Waals surface area (Å²) in [5, 5.41) is 0. The number of anilines is 2. The number of amides is 1. The first kappa shape index (κ1) is 21.0. The van der Waals surface area contributed by atoms with Gasteiger partial charge in [-0.25, -0.2) is 4.79 Å². The summed E-state index contributed by atoms with van der Waals surface area (Å²) in [5.74, 6) is 0.315. The fourth-order valence-electron chi connectivity index (χ4n) is 2.48. The molecule has 142 valence electrons. The second kappa shape index (κ2) is 9.41. The molecule has 8 nitrogen and oxygen atoms in total. The van der Waals surface area contributed by atoms with E-state index in [1.54, 1.807) is 0 Å². The zero-order valence-electron chi connectivity index (χ0n) is 15.8. The standard InChI is InChI=1S/C17H30N4O4/c1-11(2)6-7-13(22)20(8-9-25-5)14-15(18)21(10-12(3)4)17(24)19-16(14)23/h11-12H,6-10,18H2,1-5H3,(H,19,23,24). The van der Waals surface area contributed by atoms with E-state index in [1.807, 2.05) is 27.7 Å². The van der Waals surface area contributed by atoms with Gasteiger partial charge in [0.2, 0.25) is 5.91 Å². The Hall–Kier alpha value is -2.09. The van der Waals surface area contributed by atoms with Crippen LogP contribution in [0.15, 0.2) is 9.59 Å². The molecule has 3 N–H and O–H groups in total. The van der Waals surface area contributed by atoms with Gasteiger partial charge in [0, 0.05) is 26.6 Å². The number of aromatic amines is 1. The lowest BCUT2D eigenvalue weighted by molar-refractivity contribution is -0.119. The summed E-state index contributed by atoms with van der Waals surface area (Å²) in [5.41, 5.74) is 4.90. The van der Waals surface area contributed by atoms with Gasteiger partial charge >= 0.3 is 5.69 Å². The van der Waals surface area contributed by atoms with Crippen molar-refractivity contribution in [1.29, 1.82) is 0 Å². The molecule has 1 rings (SSSR count). The Bertz CT molecular complexity index is 691. The summed E-state index contributed by atoms with van der Waals surface area (Å²) in [4.78, 5) is 40.7. The monoisotopic (exact) mass is 354 g/mol. The Balaban J connectivity index is 3.35. The van der Waals surface area contributed by atoms with E-state index in [0.717, 1.165) is 0 Å². The number of H-pyrrole nitrogens is 1. The summed E-state index contributed by atoms with van der Waals surface area (Å²) in [7, 11) is 1.52. The van der Waals surface area contributed by atoms with Gasteiger partial charge < -0.3 is 15.4 Å². The number of hydrogen-bond donors (Lipinski definition) is 2. The van der Waals surface area contributed by atoms with Gasteiger partial charge in [-0.2, -0.15) is 0 Å². The number of methoxy groups -OCH3 is 1. The molecule has 0 aliphatic heterocycles. The maximum Gasteiger partial charge on any atom is 0.330 e. The lowest BCUT2D eigenvalue weighted by Crippen LogP contribution is -2.42. The van der Waals surface area contributed by atoms with Crippen molar-refractivity contribution in [1.82, 2.24) is 9.55 Å². The number of nitrogens with one attached hydrogen (secondary N) is 1. The molecule has 0 aromatic carbocycles. The van der Waals surface area contributed by atoms with Gasteiger partial charge in [-0.05, 0) is 18.3 Å². The number of aromatic nitrogens is 2. The largest absolute Gasteiger partial charge is 0.383 e. The number of ether oxygens (including phenoxy) is 1. The first-order valence-corrected chi connectivity index (χ1v) is 8.60. The number of nitrogen functional groups attached to an aromatic ring is 1. The predicted octanol–water partition coefficient (Wildman–Crippen LogP) is 1.19. The van der Waals surface area contributed by atoms with Crippen molar-refractivity contribution in [2.75, 3.05) is 30.9 Å². The maximum atomic E-state index is 12.7. The SMILES string of the molecule is COCCN(C(=O)CCC(C)C)c1c(N)n(CC(C)C)c(=O)[nH]c1=O. The lowest BCUT2D eigenvalue weighted by Gasteiger charge is -2.25. The summed E-state index contributed by atoms with van der Waals surface area (Å²) in [6.45, 7) is 8.73. The summed E-state index contributed by atoms with van der Waals surface area (Å²) >= 11 is 0. The highest BCUT2D eigenvalue weighted by Gasteiger charge is 2.24. The number of nitrogens with two attached hydrogens (primary N) is 1. The zero-order chi connectivity index (χ0) is 19.1. The second-order valence-electron chi connectivity index (χ2n) is 6.97. The topological polar surface area (TPSA) is 110 Å². The van der Waals surface area contributed by atoms with Crippen molar-refractivity contribution >= 4 is 17.4 Å². The van der Waals surface area contributed by atoms with Crippen molar-refractivity contribution in [3.63, 3.8) is 0 Å². The Morgan fingerprint density at radius 2 is 1.88 bits per heavy atom. The summed E-state index contributed by atoms with van der Waals surface area (Å²) in [6, 6.07) is 0. The minimum absolute atomic E-state index is 0.0106. The van der Waals surface area contributed by atoms with Gasteiger partial charge in [-0.1, -0.05) is 27.7 Å². The van der Waals surface area contributed by atoms with Crippen LogP contribution in [0.4, 0.5) is 11.5 Å². The van der Waals surface area contributed by atoms with Crippen molar-refractivity contribution in [2.45, 2.75) is 47.1 Å². The van der Waals surface area contributed by atoms with E-state index in [9.17, 15) is 14.4 Å². The fourth-order valence-corrected chi connectivity index (χ4v) is 2.48. The molecule has 0 saturated carbocycles. The minimum atomic E-state index is -0.656. The highest BCUT2D eigenvalue weighted by Crippen LogP contribution is 2.19. The van der Waals surface area contributed by atoms with E-state index in [1.165, 1.54) is 16.6 Å². The Morgan fingerprint density at radius 3 is 2.40 bits per heavy atom. The first-order valence-electron chi connectivity index (χ1n) is 8.60. The number of hydrogen-bond acceptors (Lipinski definition) is 5. The number of carbonyl (C=O) groups excluding carboxylic acids is 1. The fraction of sp³-hybridized carbons (Fsp3) is 0.706.